The molecule has 1 aliphatic carbocycles. The Bertz CT molecular complexity index is 459. The molecule has 3 N–H and O–H groups in total. The molecule has 1 aliphatic rings. The number of pyridine rings is 1. The Morgan fingerprint density at radius 1 is 1.43 bits per heavy atom. The molecule has 1 fully saturated rings. The minimum absolute atomic E-state index is 0.147. The fourth-order valence-corrected chi connectivity index (χ4v) is 2.46. The number of amides is 2. The van der Waals surface area contributed by atoms with Crippen LogP contribution in [0.1, 0.15) is 38.2 Å². The first-order valence-corrected chi connectivity index (χ1v) is 7.48. The average Bonchev–Trinajstić information content (AvgIpc) is 2.49. The molecule has 2 amide bonds. The topological polar surface area (TPSA) is 83.5 Å². The van der Waals surface area contributed by atoms with Crippen molar-refractivity contribution in [1.29, 1.82) is 0 Å². The smallest absolute Gasteiger partial charge is 0.315 e. The molecule has 1 aromatic heterocycles. The van der Waals surface area contributed by atoms with Gasteiger partial charge in [0.2, 0.25) is 5.88 Å². The molecule has 1 heterocycles. The van der Waals surface area contributed by atoms with Crippen molar-refractivity contribution in [2.75, 3.05) is 6.61 Å². The monoisotopic (exact) mass is 293 g/mol. The molecule has 6 nitrogen and oxygen atoms in total. The highest BCUT2D eigenvalue weighted by molar-refractivity contribution is 5.74. The lowest BCUT2D eigenvalue weighted by Gasteiger charge is -2.26. The molecule has 0 radical (unpaired) electrons. The predicted octanol–water partition coefficient (Wildman–Crippen LogP) is 1.58. The van der Waals surface area contributed by atoms with Gasteiger partial charge in [-0.1, -0.05) is 6.07 Å². The van der Waals surface area contributed by atoms with Crippen LogP contribution in [0.2, 0.25) is 0 Å². The van der Waals surface area contributed by atoms with E-state index in [9.17, 15) is 9.90 Å². The quantitative estimate of drug-likeness (QED) is 0.769. The number of aliphatic hydroxyl groups is 1. The molecule has 21 heavy (non-hydrogen) atoms. The molecule has 0 unspecified atom stereocenters. The number of carbonyl (C=O) groups excluding carboxylic acids is 1. The number of hydrogen-bond acceptors (Lipinski definition) is 4. The van der Waals surface area contributed by atoms with E-state index in [4.69, 9.17) is 4.74 Å². The van der Waals surface area contributed by atoms with Gasteiger partial charge >= 0.3 is 6.03 Å². The van der Waals surface area contributed by atoms with Gasteiger partial charge in [0.05, 0.1) is 12.7 Å². The SMILES string of the molecule is CCOc1ncccc1CNC(=O)NC1CCC(O)CC1. The minimum Gasteiger partial charge on any atom is -0.478 e. The Morgan fingerprint density at radius 2 is 2.19 bits per heavy atom. The third-order valence-corrected chi connectivity index (χ3v) is 3.60. The highest BCUT2D eigenvalue weighted by Gasteiger charge is 2.20. The van der Waals surface area contributed by atoms with Crippen LogP contribution >= 0.6 is 0 Å². The van der Waals surface area contributed by atoms with Gasteiger partial charge in [0.1, 0.15) is 0 Å². The lowest BCUT2D eigenvalue weighted by molar-refractivity contribution is 0.117. The molecule has 0 saturated heterocycles. The normalized spacial score (nSPS) is 21.6. The van der Waals surface area contributed by atoms with Gasteiger partial charge in [0, 0.05) is 24.3 Å². The predicted molar refractivity (Wildman–Crippen MR) is 79.0 cm³/mol. The number of nitrogens with zero attached hydrogens (tertiary/aromatic N) is 1. The van der Waals surface area contributed by atoms with Crippen molar-refractivity contribution in [3.63, 3.8) is 0 Å². The molecule has 1 saturated carbocycles. The molecule has 1 aromatic rings. The lowest BCUT2D eigenvalue weighted by Crippen LogP contribution is -2.43. The lowest BCUT2D eigenvalue weighted by atomic mass is 9.93. The average molecular weight is 293 g/mol. The van der Waals surface area contributed by atoms with Gasteiger partial charge in [-0.05, 0) is 38.7 Å². The zero-order valence-electron chi connectivity index (χ0n) is 12.3. The summed E-state index contributed by atoms with van der Waals surface area (Å²) in [5, 5.41) is 15.2. The van der Waals surface area contributed by atoms with Gasteiger partial charge in [-0.15, -0.1) is 0 Å². The second kappa shape index (κ2) is 7.83. The van der Waals surface area contributed by atoms with Crippen molar-refractivity contribution >= 4 is 6.03 Å². The first-order chi connectivity index (χ1) is 10.2. The van der Waals surface area contributed by atoms with E-state index in [0.29, 0.717) is 19.0 Å². The number of aliphatic hydroxyl groups excluding tert-OH is 1. The minimum atomic E-state index is -0.213. The number of hydrogen-bond donors (Lipinski definition) is 3. The second-order valence-corrected chi connectivity index (χ2v) is 5.23. The fraction of sp³-hybridized carbons (Fsp3) is 0.600. The van der Waals surface area contributed by atoms with E-state index in [0.717, 1.165) is 31.2 Å². The number of rotatable bonds is 5. The van der Waals surface area contributed by atoms with Crippen molar-refractivity contribution < 1.29 is 14.6 Å². The summed E-state index contributed by atoms with van der Waals surface area (Å²) in [6.07, 6.45) is 4.61. The maximum absolute atomic E-state index is 11.9. The van der Waals surface area contributed by atoms with Crippen LogP contribution in [-0.2, 0) is 6.54 Å². The highest BCUT2D eigenvalue weighted by Crippen LogP contribution is 2.18. The van der Waals surface area contributed by atoms with Crippen LogP contribution in [0.15, 0.2) is 18.3 Å². The number of ether oxygens (including phenoxy) is 1. The molecule has 0 aromatic carbocycles. The number of nitrogens with one attached hydrogen (secondary N) is 2. The zero-order chi connectivity index (χ0) is 15.1. The van der Waals surface area contributed by atoms with Crippen LogP contribution in [0.4, 0.5) is 4.79 Å². The zero-order valence-corrected chi connectivity index (χ0v) is 12.3. The summed E-state index contributed by atoms with van der Waals surface area (Å²) in [5.74, 6) is 0.557. The van der Waals surface area contributed by atoms with Gasteiger partial charge in [-0.2, -0.15) is 0 Å². The summed E-state index contributed by atoms with van der Waals surface area (Å²) in [5.41, 5.74) is 0.855. The highest BCUT2D eigenvalue weighted by atomic mass is 16.5. The standard InChI is InChI=1S/C15H23N3O3/c1-2-21-14-11(4-3-9-16-14)10-17-15(20)18-12-5-7-13(19)8-6-12/h3-4,9,12-13,19H,2,5-8,10H2,1H3,(H2,17,18,20). The molecular formula is C15H23N3O3. The van der Waals surface area contributed by atoms with Crippen LogP contribution in [0.5, 0.6) is 5.88 Å². The Kier molecular flexibility index (Phi) is 5.80. The number of carbonyl (C=O) groups is 1. The van der Waals surface area contributed by atoms with Gasteiger partial charge in [-0.25, -0.2) is 9.78 Å². The van der Waals surface area contributed by atoms with Crippen LogP contribution in [-0.4, -0.2) is 34.9 Å². The second-order valence-electron chi connectivity index (χ2n) is 5.23. The maximum Gasteiger partial charge on any atom is 0.315 e. The third-order valence-electron chi connectivity index (χ3n) is 3.60. The molecule has 6 heteroatoms. The number of aromatic nitrogens is 1. The molecule has 2 rings (SSSR count). The molecule has 116 valence electrons. The van der Waals surface area contributed by atoms with E-state index in [1.165, 1.54) is 0 Å². The summed E-state index contributed by atoms with van der Waals surface area (Å²) >= 11 is 0. The summed E-state index contributed by atoms with van der Waals surface area (Å²) in [7, 11) is 0. The third kappa shape index (κ3) is 4.90. The number of urea groups is 1. The van der Waals surface area contributed by atoms with Crippen molar-refractivity contribution in [2.24, 2.45) is 0 Å². The molecule has 0 atom stereocenters. The summed E-state index contributed by atoms with van der Waals surface area (Å²) in [6.45, 7) is 2.82. The van der Waals surface area contributed by atoms with Crippen LogP contribution < -0.4 is 15.4 Å². The first-order valence-electron chi connectivity index (χ1n) is 7.48. The first kappa shape index (κ1) is 15.6. The van der Waals surface area contributed by atoms with E-state index in [1.54, 1.807) is 6.20 Å². The largest absolute Gasteiger partial charge is 0.478 e. The van der Waals surface area contributed by atoms with Gasteiger partial charge in [-0.3, -0.25) is 0 Å². The van der Waals surface area contributed by atoms with E-state index >= 15 is 0 Å². The van der Waals surface area contributed by atoms with Gasteiger partial charge < -0.3 is 20.5 Å². The van der Waals surface area contributed by atoms with E-state index in [1.807, 2.05) is 19.1 Å². The van der Waals surface area contributed by atoms with Crippen molar-refractivity contribution in [3.8, 4) is 5.88 Å². The van der Waals surface area contributed by atoms with Crippen LogP contribution in [0, 0.1) is 0 Å². The van der Waals surface area contributed by atoms with Gasteiger partial charge in [0.15, 0.2) is 0 Å². The Morgan fingerprint density at radius 3 is 2.90 bits per heavy atom. The van der Waals surface area contributed by atoms with Crippen LogP contribution in [0.3, 0.4) is 0 Å². The summed E-state index contributed by atoms with van der Waals surface area (Å²) in [4.78, 5) is 16.0. The van der Waals surface area contributed by atoms with Crippen LogP contribution in [0.25, 0.3) is 0 Å². The van der Waals surface area contributed by atoms with Crippen molar-refractivity contribution in [2.45, 2.75) is 51.3 Å². The fourth-order valence-electron chi connectivity index (χ4n) is 2.46. The summed E-state index contributed by atoms with van der Waals surface area (Å²) < 4.78 is 5.42. The molecule has 0 aliphatic heterocycles. The molecular weight excluding hydrogens is 270 g/mol. The van der Waals surface area contributed by atoms with Gasteiger partial charge in [0.25, 0.3) is 0 Å². The molecule has 0 bridgehead atoms. The van der Waals surface area contributed by atoms with E-state index < -0.39 is 0 Å². The Hall–Kier alpha value is -1.82. The molecule has 0 spiro atoms. The Balaban J connectivity index is 1.78. The summed E-state index contributed by atoms with van der Waals surface area (Å²) in [6, 6.07) is 3.66. The van der Waals surface area contributed by atoms with E-state index in [2.05, 4.69) is 15.6 Å². The maximum atomic E-state index is 11.9. The van der Waals surface area contributed by atoms with E-state index in [-0.39, 0.29) is 18.2 Å². The Labute approximate surface area is 124 Å². The van der Waals surface area contributed by atoms with Crippen molar-refractivity contribution in [3.05, 3.63) is 23.9 Å². The van der Waals surface area contributed by atoms with Crippen molar-refractivity contribution in [1.82, 2.24) is 15.6 Å².